The first-order valence-corrected chi connectivity index (χ1v) is 7.38. The van der Waals surface area contributed by atoms with Gasteiger partial charge in [0.2, 0.25) is 5.91 Å². The lowest BCUT2D eigenvalue weighted by Crippen LogP contribution is -2.37. The van der Waals surface area contributed by atoms with Crippen molar-refractivity contribution in [2.24, 2.45) is 0 Å². The number of hydrogen-bond donors (Lipinski definition) is 0. The molecule has 0 radical (unpaired) electrons. The smallest absolute Gasteiger partial charge is 0.325 e. The molecule has 5 heteroatoms. The van der Waals surface area contributed by atoms with Crippen molar-refractivity contribution >= 4 is 11.9 Å². The van der Waals surface area contributed by atoms with Gasteiger partial charge >= 0.3 is 5.97 Å². The third kappa shape index (κ3) is 4.86. The molecule has 0 bridgehead atoms. The molecule has 1 fully saturated rings. The van der Waals surface area contributed by atoms with Gasteiger partial charge in [-0.1, -0.05) is 30.3 Å². The topological polar surface area (TPSA) is 49.9 Å². The Kier molecular flexibility index (Phi) is 5.75. The summed E-state index contributed by atoms with van der Waals surface area (Å²) in [5.41, 5.74) is 1.24. The molecule has 0 N–H and O–H groups in total. The molecule has 1 aromatic rings. The molecule has 1 aliphatic rings. The molecule has 1 saturated heterocycles. The van der Waals surface area contributed by atoms with Crippen LogP contribution in [-0.4, -0.2) is 54.5 Å². The summed E-state index contributed by atoms with van der Waals surface area (Å²) in [7, 11) is 0. The summed E-state index contributed by atoms with van der Waals surface area (Å²) in [6, 6.07) is 10.2. The SMILES string of the molecule is CCOC(=O)CN1CCN(Cc2ccccc2)CCC1=O. The van der Waals surface area contributed by atoms with Crippen molar-refractivity contribution in [2.45, 2.75) is 19.9 Å². The van der Waals surface area contributed by atoms with Crippen LogP contribution in [0, 0.1) is 0 Å². The first kappa shape index (κ1) is 15.5. The van der Waals surface area contributed by atoms with E-state index >= 15 is 0 Å². The molecule has 0 aliphatic carbocycles. The van der Waals surface area contributed by atoms with E-state index in [2.05, 4.69) is 17.0 Å². The van der Waals surface area contributed by atoms with Crippen molar-refractivity contribution in [3.8, 4) is 0 Å². The number of carbonyl (C=O) groups is 2. The van der Waals surface area contributed by atoms with Crippen LogP contribution in [0.15, 0.2) is 30.3 Å². The Morgan fingerprint density at radius 3 is 2.67 bits per heavy atom. The fourth-order valence-electron chi connectivity index (χ4n) is 2.44. The second-order valence-electron chi connectivity index (χ2n) is 5.13. The van der Waals surface area contributed by atoms with E-state index < -0.39 is 0 Å². The molecule has 1 amide bonds. The Hall–Kier alpha value is -1.88. The Morgan fingerprint density at radius 1 is 1.19 bits per heavy atom. The van der Waals surface area contributed by atoms with Gasteiger partial charge < -0.3 is 9.64 Å². The van der Waals surface area contributed by atoms with Crippen molar-refractivity contribution in [1.82, 2.24) is 9.80 Å². The molecule has 0 atom stereocenters. The molecule has 21 heavy (non-hydrogen) atoms. The maximum atomic E-state index is 12.0. The molecular formula is C16H22N2O3. The maximum Gasteiger partial charge on any atom is 0.325 e. The summed E-state index contributed by atoms with van der Waals surface area (Å²) in [4.78, 5) is 27.4. The molecule has 114 valence electrons. The average molecular weight is 290 g/mol. The van der Waals surface area contributed by atoms with Crippen LogP contribution in [0.1, 0.15) is 18.9 Å². The van der Waals surface area contributed by atoms with E-state index in [-0.39, 0.29) is 18.4 Å². The fourth-order valence-corrected chi connectivity index (χ4v) is 2.44. The van der Waals surface area contributed by atoms with Crippen LogP contribution in [0.25, 0.3) is 0 Å². The molecular weight excluding hydrogens is 268 g/mol. The van der Waals surface area contributed by atoms with Gasteiger partial charge in [0.15, 0.2) is 0 Å². The van der Waals surface area contributed by atoms with Crippen molar-refractivity contribution in [2.75, 3.05) is 32.8 Å². The van der Waals surface area contributed by atoms with Crippen LogP contribution in [0.5, 0.6) is 0 Å². The maximum absolute atomic E-state index is 12.0. The molecule has 0 spiro atoms. The normalized spacial score (nSPS) is 16.6. The zero-order valence-corrected chi connectivity index (χ0v) is 12.5. The molecule has 1 heterocycles. The van der Waals surface area contributed by atoms with Gasteiger partial charge in [-0.05, 0) is 12.5 Å². The van der Waals surface area contributed by atoms with Gasteiger partial charge in [0.1, 0.15) is 6.54 Å². The van der Waals surface area contributed by atoms with Crippen LogP contribution >= 0.6 is 0 Å². The minimum absolute atomic E-state index is 0.0265. The third-order valence-electron chi connectivity index (χ3n) is 3.56. The van der Waals surface area contributed by atoms with Gasteiger partial charge in [-0.2, -0.15) is 0 Å². The summed E-state index contributed by atoms with van der Waals surface area (Å²) >= 11 is 0. The van der Waals surface area contributed by atoms with Crippen LogP contribution in [0.4, 0.5) is 0 Å². The number of benzene rings is 1. The number of hydrogen-bond acceptors (Lipinski definition) is 4. The van der Waals surface area contributed by atoms with Gasteiger partial charge in [-0.25, -0.2) is 0 Å². The number of rotatable bonds is 5. The fraction of sp³-hybridized carbons (Fsp3) is 0.500. The lowest BCUT2D eigenvalue weighted by Gasteiger charge is -2.21. The van der Waals surface area contributed by atoms with E-state index in [1.54, 1.807) is 11.8 Å². The molecule has 0 unspecified atom stereocenters. The largest absolute Gasteiger partial charge is 0.465 e. The van der Waals surface area contributed by atoms with Crippen molar-refractivity contribution in [1.29, 1.82) is 0 Å². The molecule has 5 nitrogen and oxygen atoms in total. The third-order valence-corrected chi connectivity index (χ3v) is 3.56. The number of amides is 1. The molecule has 1 aromatic carbocycles. The summed E-state index contributed by atoms with van der Waals surface area (Å²) in [6.07, 6.45) is 0.451. The summed E-state index contributed by atoms with van der Waals surface area (Å²) in [5.74, 6) is -0.305. The van der Waals surface area contributed by atoms with E-state index in [1.165, 1.54) is 5.56 Å². The average Bonchev–Trinajstić information content (AvgIpc) is 2.64. The quantitative estimate of drug-likeness (QED) is 0.767. The summed E-state index contributed by atoms with van der Waals surface area (Å²) in [6.45, 7) is 5.09. The van der Waals surface area contributed by atoms with Crippen LogP contribution in [0.2, 0.25) is 0 Å². The number of ether oxygens (including phenoxy) is 1. The highest BCUT2D eigenvalue weighted by Gasteiger charge is 2.23. The monoisotopic (exact) mass is 290 g/mol. The predicted octanol–water partition coefficient (Wildman–Crippen LogP) is 1.28. The van der Waals surface area contributed by atoms with E-state index in [0.29, 0.717) is 19.6 Å². The van der Waals surface area contributed by atoms with E-state index in [4.69, 9.17) is 4.74 Å². The van der Waals surface area contributed by atoms with Crippen molar-refractivity contribution < 1.29 is 14.3 Å². The summed E-state index contributed by atoms with van der Waals surface area (Å²) in [5, 5.41) is 0. The lowest BCUT2D eigenvalue weighted by molar-refractivity contribution is -0.148. The van der Waals surface area contributed by atoms with E-state index in [1.807, 2.05) is 18.2 Å². The molecule has 0 saturated carbocycles. The van der Waals surface area contributed by atoms with Gasteiger partial charge in [-0.15, -0.1) is 0 Å². The van der Waals surface area contributed by atoms with E-state index in [9.17, 15) is 9.59 Å². The highest BCUT2D eigenvalue weighted by Crippen LogP contribution is 2.09. The number of carbonyl (C=O) groups excluding carboxylic acids is 2. The zero-order chi connectivity index (χ0) is 15.1. The standard InChI is InChI=1S/C16H22N2O3/c1-2-21-16(20)13-18-11-10-17(9-8-15(18)19)12-14-6-4-3-5-7-14/h3-7H,2,8-13H2,1H3. The van der Waals surface area contributed by atoms with Gasteiger partial charge in [0.25, 0.3) is 0 Å². The Morgan fingerprint density at radius 2 is 1.95 bits per heavy atom. The van der Waals surface area contributed by atoms with Crippen LogP contribution in [-0.2, 0) is 20.9 Å². The molecule has 2 rings (SSSR count). The van der Waals surface area contributed by atoms with Gasteiger partial charge in [-0.3, -0.25) is 14.5 Å². The Bertz CT molecular complexity index is 476. The minimum atomic E-state index is -0.331. The van der Waals surface area contributed by atoms with Gasteiger partial charge in [0, 0.05) is 32.6 Å². The first-order chi connectivity index (χ1) is 10.2. The first-order valence-electron chi connectivity index (χ1n) is 7.38. The highest BCUT2D eigenvalue weighted by atomic mass is 16.5. The second kappa shape index (κ2) is 7.78. The minimum Gasteiger partial charge on any atom is -0.465 e. The van der Waals surface area contributed by atoms with Crippen LogP contribution in [0.3, 0.4) is 0 Å². The lowest BCUT2D eigenvalue weighted by atomic mass is 10.2. The predicted molar refractivity (Wildman–Crippen MR) is 79.5 cm³/mol. The molecule has 1 aliphatic heterocycles. The van der Waals surface area contributed by atoms with E-state index in [0.717, 1.165) is 19.6 Å². The second-order valence-corrected chi connectivity index (χ2v) is 5.13. The van der Waals surface area contributed by atoms with Gasteiger partial charge in [0.05, 0.1) is 6.61 Å². The number of nitrogens with zero attached hydrogens (tertiary/aromatic N) is 2. The summed E-state index contributed by atoms with van der Waals surface area (Å²) < 4.78 is 4.91. The Labute approximate surface area is 125 Å². The Balaban J connectivity index is 1.88. The number of esters is 1. The molecule has 0 aromatic heterocycles. The van der Waals surface area contributed by atoms with Crippen LogP contribution < -0.4 is 0 Å². The zero-order valence-electron chi connectivity index (χ0n) is 12.5. The van der Waals surface area contributed by atoms with Crippen molar-refractivity contribution in [3.63, 3.8) is 0 Å². The van der Waals surface area contributed by atoms with Crippen molar-refractivity contribution in [3.05, 3.63) is 35.9 Å². The highest BCUT2D eigenvalue weighted by molar-refractivity contribution is 5.82.